The zero-order chi connectivity index (χ0) is 8.32. The molecule has 0 unspecified atom stereocenters. The Morgan fingerprint density at radius 3 is 2.00 bits per heavy atom. The highest BCUT2D eigenvalue weighted by Crippen LogP contribution is 2.33. The second kappa shape index (κ2) is 3.62. The van der Waals surface area contributed by atoms with Crippen LogP contribution in [-0.4, -0.2) is 13.5 Å². The highest BCUT2D eigenvalue weighted by molar-refractivity contribution is 6.04. The van der Waals surface area contributed by atoms with E-state index in [2.05, 4.69) is 19.1 Å². The van der Waals surface area contributed by atoms with Crippen LogP contribution >= 0.6 is 0 Å². The Balaban J connectivity index is 2.57. The zero-order valence-corrected chi connectivity index (χ0v) is 7.69. The molecule has 0 heterocycles. The summed E-state index contributed by atoms with van der Waals surface area (Å²) in [5.74, 6) is 0.660. The van der Waals surface area contributed by atoms with Gasteiger partial charge in [-0.3, -0.25) is 0 Å². The molecule has 0 aliphatic heterocycles. The van der Waals surface area contributed by atoms with E-state index in [0.29, 0.717) is 5.92 Å². The van der Waals surface area contributed by atoms with E-state index in [9.17, 15) is 0 Å². The van der Waals surface area contributed by atoms with Crippen LogP contribution in [0, 0.1) is 5.92 Å². The summed E-state index contributed by atoms with van der Waals surface area (Å²) < 4.78 is 0. The van der Waals surface area contributed by atoms with Gasteiger partial charge in [-0.1, -0.05) is 33.1 Å². The van der Waals surface area contributed by atoms with Crippen molar-refractivity contribution in [3.8, 4) is 0 Å². The van der Waals surface area contributed by atoms with Gasteiger partial charge in [0.2, 0.25) is 0 Å². The minimum Gasteiger partial charge on any atom is -0.361 e. The Hall–Kier alpha value is 0.0249. The summed E-state index contributed by atoms with van der Waals surface area (Å²) in [6, 6.07) is 0. The molecule has 0 saturated heterocycles. The third-order valence-electron chi connectivity index (χ3n) is 3.14. The van der Waals surface area contributed by atoms with Gasteiger partial charge in [0.25, 0.3) is 0 Å². The SMILES string of the molecule is [B]NC1(C(C)C)CCCCC1. The molecule has 1 N–H and O–H groups in total. The average molecular weight is 151 g/mol. The average Bonchev–Trinajstić information content (AvgIpc) is 2.05. The summed E-state index contributed by atoms with van der Waals surface area (Å²) in [6.45, 7) is 4.51. The van der Waals surface area contributed by atoms with Crippen LogP contribution in [-0.2, 0) is 0 Å². The van der Waals surface area contributed by atoms with Crippen molar-refractivity contribution in [2.45, 2.75) is 51.5 Å². The maximum Gasteiger partial charge on any atom is 0.178 e. The molecule has 1 rings (SSSR count). The van der Waals surface area contributed by atoms with Crippen LogP contribution in [0.15, 0.2) is 0 Å². The summed E-state index contributed by atoms with van der Waals surface area (Å²) in [4.78, 5) is 0. The third kappa shape index (κ3) is 1.78. The Morgan fingerprint density at radius 1 is 1.18 bits per heavy atom. The van der Waals surface area contributed by atoms with Gasteiger partial charge in [-0.05, 0) is 18.8 Å². The molecule has 0 spiro atoms. The van der Waals surface area contributed by atoms with Crippen LogP contribution in [0.1, 0.15) is 46.0 Å². The van der Waals surface area contributed by atoms with Crippen molar-refractivity contribution in [1.82, 2.24) is 5.23 Å². The van der Waals surface area contributed by atoms with E-state index in [-0.39, 0.29) is 5.54 Å². The number of hydrogen-bond donors (Lipinski definition) is 1. The maximum absolute atomic E-state index is 5.59. The second-order valence-electron chi connectivity index (χ2n) is 4.02. The fraction of sp³-hybridized carbons (Fsp3) is 1.00. The summed E-state index contributed by atoms with van der Waals surface area (Å²) in [5.41, 5.74) is 0.248. The highest BCUT2D eigenvalue weighted by Gasteiger charge is 2.32. The minimum absolute atomic E-state index is 0.248. The first-order valence-corrected chi connectivity index (χ1v) is 4.69. The molecular formula is C9H18BN. The van der Waals surface area contributed by atoms with Crippen molar-refractivity contribution in [2.24, 2.45) is 5.92 Å². The van der Waals surface area contributed by atoms with E-state index in [1.807, 2.05) is 0 Å². The summed E-state index contributed by atoms with van der Waals surface area (Å²) in [6.07, 6.45) is 6.56. The van der Waals surface area contributed by atoms with Crippen LogP contribution in [0.25, 0.3) is 0 Å². The highest BCUT2D eigenvalue weighted by atomic mass is 14.9. The predicted octanol–water partition coefficient (Wildman–Crippen LogP) is 2.02. The Bertz CT molecular complexity index is 117. The van der Waals surface area contributed by atoms with Gasteiger partial charge in [0.15, 0.2) is 7.98 Å². The quantitative estimate of drug-likeness (QED) is 0.595. The Morgan fingerprint density at radius 2 is 1.73 bits per heavy atom. The molecule has 1 saturated carbocycles. The Kier molecular flexibility index (Phi) is 3.00. The van der Waals surface area contributed by atoms with Crippen LogP contribution in [0.4, 0.5) is 0 Å². The van der Waals surface area contributed by atoms with Gasteiger partial charge in [-0.2, -0.15) is 0 Å². The van der Waals surface area contributed by atoms with Crippen LogP contribution in [0.5, 0.6) is 0 Å². The normalized spacial score (nSPS) is 23.9. The van der Waals surface area contributed by atoms with Crippen molar-refractivity contribution in [2.75, 3.05) is 0 Å². The van der Waals surface area contributed by atoms with Crippen molar-refractivity contribution in [1.29, 1.82) is 0 Å². The van der Waals surface area contributed by atoms with Crippen LogP contribution in [0.3, 0.4) is 0 Å². The molecule has 11 heavy (non-hydrogen) atoms. The van der Waals surface area contributed by atoms with Crippen molar-refractivity contribution < 1.29 is 0 Å². The molecule has 2 heteroatoms. The first-order valence-electron chi connectivity index (χ1n) is 4.69. The number of rotatable bonds is 2. The topological polar surface area (TPSA) is 12.0 Å². The molecule has 0 bridgehead atoms. The molecule has 1 nitrogen and oxygen atoms in total. The van der Waals surface area contributed by atoms with E-state index >= 15 is 0 Å². The van der Waals surface area contributed by atoms with Crippen molar-refractivity contribution in [3.05, 3.63) is 0 Å². The smallest absolute Gasteiger partial charge is 0.178 e. The fourth-order valence-corrected chi connectivity index (χ4v) is 2.07. The third-order valence-corrected chi connectivity index (χ3v) is 3.14. The monoisotopic (exact) mass is 151 g/mol. The van der Waals surface area contributed by atoms with Crippen LogP contribution in [0.2, 0.25) is 0 Å². The molecule has 1 aliphatic rings. The maximum atomic E-state index is 5.59. The Labute approximate surface area is 71.4 Å². The van der Waals surface area contributed by atoms with Gasteiger partial charge in [0, 0.05) is 5.54 Å². The molecule has 2 radical (unpaired) electrons. The van der Waals surface area contributed by atoms with Gasteiger partial charge >= 0.3 is 0 Å². The molecule has 0 aromatic carbocycles. The zero-order valence-electron chi connectivity index (χ0n) is 7.69. The minimum atomic E-state index is 0.248. The lowest BCUT2D eigenvalue weighted by molar-refractivity contribution is 0.200. The lowest BCUT2D eigenvalue weighted by atomic mass is 9.73. The summed E-state index contributed by atoms with van der Waals surface area (Å²) >= 11 is 0. The van der Waals surface area contributed by atoms with Crippen LogP contribution < -0.4 is 5.23 Å². The molecule has 0 aromatic rings. The predicted molar refractivity (Wildman–Crippen MR) is 49.5 cm³/mol. The fourth-order valence-electron chi connectivity index (χ4n) is 2.07. The van der Waals surface area contributed by atoms with E-state index < -0.39 is 0 Å². The van der Waals surface area contributed by atoms with Gasteiger partial charge in [0.05, 0.1) is 0 Å². The molecule has 0 aromatic heterocycles. The first-order chi connectivity index (χ1) is 5.21. The molecule has 1 aliphatic carbocycles. The van der Waals surface area contributed by atoms with Crippen molar-refractivity contribution >= 4 is 7.98 Å². The molecule has 0 amide bonds. The van der Waals surface area contributed by atoms with E-state index in [0.717, 1.165) is 0 Å². The molecule has 0 atom stereocenters. The van der Waals surface area contributed by atoms with Gasteiger partial charge in [0.1, 0.15) is 0 Å². The largest absolute Gasteiger partial charge is 0.361 e. The van der Waals surface area contributed by atoms with Gasteiger partial charge in [-0.15, -0.1) is 0 Å². The summed E-state index contributed by atoms with van der Waals surface area (Å²) in [7, 11) is 5.59. The molecule has 1 fully saturated rings. The van der Waals surface area contributed by atoms with E-state index in [1.165, 1.54) is 32.1 Å². The number of hydrogen-bond acceptors (Lipinski definition) is 1. The summed E-state index contributed by atoms with van der Waals surface area (Å²) in [5, 5.41) is 3.02. The molecule has 62 valence electrons. The lowest BCUT2D eigenvalue weighted by Gasteiger charge is -2.41. The van der Waals surface area contributed by atoms with Gasteiger partial charge in [-0.25, -0.2) is 0 Å². The molecular weight excluding hydrogens is 133 g/mol. The van der Waals surface area contributed by atoms with Crippen molar-refractivity contribution in [3.63, 3.8) is 0 Å². The standard InChI is InChI=1S/C9H18BN/c1-8(2)9(11-10)6-4-3-5-7-9/h8,11H,3-7H2,1-2H3. The lowest BCUT2D eigenvalue weighted by Crippen LogP contribution is -2.49. The van der Waals surface area contributed by atoms with E-state index in [1.54, 1.807) is 0 Å². The second-order valence-corrected chi connectivity index (χ2v) is 4.02. The number of nitrogens with one attached hydrogen (secondary N) is 1. The van der Waals surface area contributed by atoms with Gasteiger partial charge < -0.3 is 5.23 Å². The first kappa shape index (κ1) is 9.12. The van der Waals surface area contributed by atoms with E-state index in [4.69, 9.17) is 7.98 Å².